The predicted molar refractivity (Wildman–Crippen MR) is 115 cm³/mol. The van der Waals surface area contributed by atoms with E-state index in [9.17, 15) is 9.59 Å². The molecule has 0 N–H and O–H groups in total. The number of hydrogen-bond donors (Lipinski definition) is 0. The largest absolute Gasteiger partial charge is 0.489 e. The van der Waals surface area contributed by atoms with Crippen molar-refractivity contribution in [3.8, 4) is 5.75 Å². The van der Waals surface area contributed by atoms with Gasteiger partial charge >= 0.3 is 0 Å². The number of ether oxygens (including phenoxy) is 1. The van der Waals surface area contributed by atoms with Gasteiger partial charge in [-0.25, -0.2) is 0 Å². The summed E-state index contributed by atoms with van der Waals surface area (Å²) in [7, 11) is 0. The van der Waals surface area contributed by atoms with Crippen LogP contribution >= 0.6 is 0 Å². The van der Waals surface area contributed by atoms with Gasteiger partial charge in [-0.05, 0) is 37.1 Å². The lowest BCUT2D eigenvalue weighted by molar-refractivity contribution is 0.0590. The van der Waals surface area contributed by atoms with Crippen molar-refractivity contribution in [2.75, 3.05) is 26.2 Å². The Morgan fingerprint density at radius 2 is 1.53 bits per heavy atom. The molecular weight excluding hydrogens is 378 g/mol. The average molecular weight is 408 g/mol. The van der Waals surface area contributed by atoms with Crippen LogP contribution in [0, 0.1) is 0 Å². The summed E-state index contributed by atoms with van der Waals surface area (Å²) in [5, 5.41) is 0. The number of benzene rings is 1. The minimum Gasteiger partial charge on any atom is -0.489 e. The van der Waals surface area contributed by atoms with Crippen molar-refractivity contribution in [3.05, 3.63) is 59.9 Å². The van der Waals surface area contributed by atoms with E-state index in [2.05, 4.69) is 4.98 Å². The normalized spacial score (nSPS) is 18.0. The van der Waals surface area contributed by atoms with Gasteiger partial charge in [0.2, 0.25) is 0 Å². The number of piperidine rings is 1. The molecule has 2 aliphatic heterocycles. The summed E-state index contributed by atoms with van der Waals surface area (Å²) < 4.78 is 6.27. The maximum Gasteiger partial charge on any atom is 0.257 e. The Kier molecular flexibility index (Phi) is 6.62. The standard InChI is InChI=1S/C24H29N3O3/c28-23(19-8-7-13-25-18-19)27-16-11-20(12-17-27)30-22-10-4-3-9-21(22)24(29)26-14-5-1-2-6-15-26/h3-4,7-10,13,18,20H,1-2,5-6,11-12,14-17H2. The van der Waals surface area contributed by atoms with E-state index in [1.54, 1.807) is 24.5 Å². The van der Waals surface area contributed by atoms with Gasteiger partial charge in [-0.2, -0.15) is 0 Å². The minimum absolute atomic E-state index is 0.000956. The van der Waals surface area contributed by atoms with Crippen LogP contribution in [0.3, 0.4) is 0 Å². The zero-order valence-electron chi connectivity index (χ0n) is 17.3. The molecule has 0 saturated carbocycles. The number of pyridine rings is 1. The Morgan fingerprint density at radius 3 is 2.23 bits per heavy atom. The molecule has 0 aliphatic carbocycles. The molecule has 2 saturated heterocycles. The van der Waals surface area contributed by atoms with Gasteiger partial charge in [0.15, 0.2) is 0 Å². The molecule has 0 unspecified atom stereocenters. The lowest BCUT2D eigenvalue weighted by atomic mass is 10.1. The number of hydrogen-bond acceptors (Lipinski definition) is 4. The Labute approximate surface area is 177 Å². The zero-order chi connectivity index (χ0) is 20.8. The topological polar surface area (TPSA) is 62.7 Å². The number of carbonyl (C=O) groups is 2. The van der Waals surface area contributed by atoms with E-state index in [1.807, 2.05) is 34.1 Å². The van der Waals surface area contributed by atoms with Crippen LogP contribution in [-0.4, -0.2) is 58.9 Å². The van der Waals surface area contributed by atoms with Crippen LogP contribution < -0.4 is 4.74 Å². The quantitative estimate of drug-likeness (QED) is 0.774. The Bertz CT molecular complexity index is 855. The van der Waals surface area contributed by atoms with Gasteiger partial charge in [0, 0.05) is 51.4 Å². The summed E-state index contributed by atoms with van der Waals surface area (Å²) in [6.07, 6.45) is 9.29. The van der Waals surface area contributed by atoms with E-state index in [4.69, 9.17) is 4.74 Å². The number of carbonyl (C=O) groups excluding carboxylic acids is 2. The number of amides is 2. The van der Waals surface area contributed by atoms with E-state index >= 15 is 0 Å². The second-order valence-corrected chi connectivity index (χ2v) is 8.05. The molecule has 1 aromatic heterocycles. The van der Waals surface area contributed by atoms with Crippen LogP contribution in [0.2, 0.25) is 0 Å². The monoisotopic (exact) mass is 407 g/mol. The second kappa shape index (κ2) is 9.74. The van der Waals surface area contributed by atoms with Crippen molar-refractivity contribution in [3.63, 3.8) is 0 Å². The zero-order valence-corrected chi connectivity index (χ0v) is 17.3. The summed E-state index contributed by atoms with van der Waals surface area (Å²) in [6, 6.07) is 11.1. The van der Waals surface area contributed by atoms with Gasteiger partial charge in [-0.3, -0.25) is 14.6 Å². The Morgan fingerprint density at radius 1 is 0.833 bits per heavy atom. The van der Waals surface area contributed by atoms with E-state index in [0.717, 1.165) is 38.8 Å². The molecule has 0 atom stereocenters. The number of aromatic nitrogens is 1. The van der Waals surface area contributed by atoms with E-state index < -0.39 is 0 Å². The fourth-order valence-electron chi connectivity index (χ4n) is 4.22. The van der Waals surface area contributed by atoms with Crippen molar-refractivity contribution in [2.45, 2.75) is 44.6 Å². The molecule has 3 heterocycles. The van der Waals surface area contributed by atoms with Crippen molar-refractivity contribution < 1.29 is 14.3 Å². The number of likely N-dealkylation sites (tertiary alicyclic amines) is 2. The molecule has 1 aromatic carbocycles. The lowest BCUT2D eigenvalue weighted by Gasteiger charge is -2.32. The molecule has 2 fully saturated rings. The van der Waals surface area contributed by atoms with Crippen LogP contribution in [0.5, 0.6) is 5.75 Å². The fraction of sp³-hybridized carbons (Fsp3) is 0.458. The molecular formula is C24H29N3O3. The van der Waals surface area contributed by atoms with Crippen molar-refractivity contribution >= 4 is 11.8 Å². The summed E-state index contributed by atoms with van der Waals surface area (Å²) in [5.41, 5.74) is 1.26. The summed E-state index contributed by atoms with van der Waals surface area (Å²) in [6.45, 7) is 2.92. The summed E-state index contributed by atoms with van der Waals surface area (Å²) in [5.74, 6) is 0.735. The van der Waals surface area contributed by atoms with Crippen molar-refractivity contribution in [1.82, 2.24) is 14.8 Å². The van der Waals surface area contributed by atoms with Crippen molar-refractivity contribution in [2.24, 2.45) is 0 Å². The van der Waals surface area contributed by atoms with E-state index in [0.29, 0.717) is 30.0 Å². The molecule has 0 radical (unpaired) electrons. The van der Waals surface area contributed by atoms with Gasteiger partial charge in [0.25, 0.3) is 11.8 Å². The third-order valence-corrected chi connectivity index (χ3v) is 5.94. The molecule has 0 spiro atoms. The molecule has 30 heavy (non-hydrogen) atoms. The maximum atomic E-state index is 13.1. The van der Waals surface area contributed by atoms with Crippen LogP contribution in [0.25, 0.3) is 0 Å². The highest BCUT2D eigenvalue weighted by Crippen LogP contribution is 2.26. The van der Waals surface area contributed by atoms with Gasteiger partial charge < -0.3 is 14.5 Å². The van der Waals surface area contributed by atoms with Gasteiger partial charge in [0.1, 0.15) is 11.9 Å². The number of para-hydroxylation sites is 1. The first-order valence-corrected chi connectivity index (χ1v) is 11.0. The predicted octanol–water partition coefficient (Wildman–Crippen LogP) is 3.78. The highest BCUT2D eigenvalue weighted by Gasteiger charge is 2.27. The smallest absolute Gasteiger partial charge is 0.257 e. The third-order valence-electron chi connectivity index (χ3n) is 5.94. The van der Waals surface area contributed by atoms with Gasteiger partial charge in [-0.15, -0.1) is 0 Å². The lowest BCUT2D eigenvalue weighted by Crippen LogP contribution is -2.42. The third kappa shape index (κ3) is 4.81. The summed E-state index contributed by atoms with van der Waals surface area (Å²) in [4.78, 5) is 33.6. The highest BCUT2D eigenvalue weighted by atomic mass is 16.5. The van der Waals surface area contributed by atoms with Crippen molar-refractivity contribution in [1.29, 1.82) is 0 Å². The first kappa shape index (κ1) is 20.4. The van der Waals surface area contributed by atoms with E-state index in [1.165, 1.54) is 12.8 Å². The molecule has 2 amide bonds. The molecule has 4 rings (SSSR count). The van der Waals surface area contributed by atoms with Crippen LogP contribution in [-0.2, 0) is 0 Å². The first-order chi connectivity index (χ1) is 14.7. The maximum absolute atomic E-state index is 13.1. The molecule has 2 aromatic rings. The first-order valence-electron chi connectivity index (χ1n) is 11.0. The SMILES string of the molecule is O=C(c1cccnc1)N1CCC(Oc2ccccc2C(=O)N2CCCCCC2)CC1. The number of nitrogens with zero attached hydrogens (tertiary/aromatic N) is 3. The molecule has 158 valence electrons. The van der Waals surface area contributed by atoms with Gasteiger partial charge in [-0.1, -0.05) is 25.0 Å². The highest BCUT2D eigenvalue weighted by molar-refractivity contribution is 5.97. The minimum atomic E-state index is 0.000956. The van der Waals surface area contributed by atoms with Crippen LogP contribution in [0.4, 0.5) is 0 Å². The molecule has 2 aliphatic rings. The summed E-state index contributed by atoms with van der Waals surface area (Å²) >= 11 is 0. The number of rotatable bonds is 4. The average Bonchev–Trinajstić information content (AvgIpc) is 3.09. The van der Waals surface area contributed by atoms with E-state index in [-0.39, 0.29) is 17.9 Å². The Hall–Kier alpha value is -2.89. The van der Waals surface area contributed by atoms with Crippen LogP contribution in [0.15, 0.2) is 48.8 Å². The second-order valence-electron chi connectivity index (χ2n) is 8.05. The Balaban J connectivity index is 1.37. The van der Waals surface area contributed by atoms with Crippen LogP contribution in [0.1, 0.15) is 59.2 Å². The fourth-order valence-corrected chi connectivity index (χ4v) is 4.22. The van der Waals surface area contributed by atoms with Gasteiger partial charge in [0.05, 0.1) is 11.1 Å². The molecule has 6 heteroatoms. The molecule has 0 bridgehead atoms. The molecule has 6 nitrogen and oxygen atoms in total.